The Balaban J connectivity index is -0.00000000500. The summed E-state index contributed by atoms with van der Waals surface area (Å²) in [4.78, 5) is 0. The first-order valence-corrected chi connectivity index (χ1v) is 0.753. The van der Waals surface area contributed by atoms with Crippen LogP contribution in [0.15, 0.2) is 0 Å². The summed E-state index contributed by atoms with van der Waals surface area (Å²) in [6, 6.07) is 0. The van der Waals surface area contributed by atoms with Gasteiger partial charge in [0.05, 0.1) is 0 Å². The van der Waals surface area contributed by atoms with Gasteiger partial charge in [-0.05, 0) is 0 Å². The second kappa shape index (κ2) is 24.8. The van der Waals surface area contributed by atoms with E-state index in [1.54, 1.807) is 0 Å². The molecule has 0 atom stereocenters. The van der Waals surface area contributed by atoms with Crippen molar-refractivity contribution in [2.24, 2.45) is 0 Å². The average Bonchev–Trinajstić information content (AvgIpc) is 1.00. The first-order chi connectivity index (χ1) is 1.00. The summed E-state index contributed by atoms with van der Waals surface area (Å²) in [5.74, 6) is 0. The monoisotopic (exact) mass is 133 g/mol. The van der Waals surface area contributed by atoms with Crippen LogP contribution in [0.5, 0.6) is 0 Å². The molecule has 0 spiro atoms. The van der Waals surface area contributed by atoms with Crippen molar-refractivity contribution in [3.63, 3.8) is 0 Å². The van der Waals surface area contributed by atoms with Gasteiger partial charge in [0.1, 0.15) is 0 Å². The van der Waals surface area contributed by atoms with Crippen molar-refractivity contribution in [2.75, 3.05) is 0 Å². The molecule has 0 N–H and O–H groups in total. The topological polar surface area (TPSA) is 17.1 Å². The van der Waals surface area contributed by atoms with Gasteiger partial charge in [-0.25, -0.2) is 0 Å². The summed E-state index contributed by atoms with van der Waals surface area (Å²) < 4.78 is 8.19. The van der Waals surface area contributed by atoms with Gasteiger partial charge in [0.25, 0.3) is 0 Å². The molecule has 0 aromatic rings. The third-order valence-electron chi connectivity index (χ3n) is 0. The van der Waals surface area contributed by atoms with Crippen LogP contribution >= 0.6 is 0 Å². The third-order valence-corrected chi connectivity index (χ3v) is 0. The second-order valence-electron chi connectivity index (χ2n) is 0. The van der Waals surface area contributed by atoms with Gasteiger partial charge in [-0.2, -0.15) is 0 Å². The Labute approximate surface area is 56.2 Å². The zero-order valence-electron chi connectivity index (χ0n) is 1.17. The van der Waals surface area contributed by atoms with Crippen LogP contribution in [0.2, 0.25) is 0 Å². The molecule has 4 heavy (non-hydrogen) atoms. The Hall–Kier alpha value is 1.48. The molecule has 0 radical (unpaired) electrons. The fourth-order valence-electron chi connectivity index (χ4n) is 0. The zero-order valence-corrected chi connectivity index (χ0v) is 3.56. The van der Waals surface area contributed by atoms with Crippen molar-refractivity contribution in [1.82, 2.24) is 0 Å². The van der Waals surface area contributed by atoms with E-state index in [9.17, 15) is 0 Å². The molecule has 0 aromatic heterocycles. The van der Waals surface area contributed by atoms with Crippen LogP contribution in [-0.4, -0.2) is 18.9 Å². The Kier molecular flexibility index (Phi) is 111. The molecule has 4 heteroatoms. The molecule has 23 valence electrons. The van der Waals surface area contributed by atoms with Gasteiger partial charge in [0.2, 0.25) is 0 Å². The van der Waals surface area contributed by atoms with Crippen LogP contribution in [0, 0.1) is 0 Å². The summed E-state index contributed by atoms with van der Waals surface area (Å²) in [7, 11) is 0. The van der Waals surface area contributed by atoms with Crippen molar-refractivity contribution in [3.05, 3.63) is 0 Å². The van der Waals surface area contributed by atoms with E-state index < -0.39 is 0 Å². The van der Waals surface area contributed by atoms with E-state index in [1.807, 2.05) is 0 Å². The van der Waals surface area contributed by atoms with E-state index >= 15 is 0 Å². The standard InChI is InChI=1S/Li.Ni.O.V.H. The quantitative estimate of drug-likeness (QED) is 0.397. The molecule has 0 bridgehead atoms. The minimum absolute atomic E-state index is 0. The Morgan fingerprint density at radius 1 is 1.25 bits per heavy atom. The molecule has 0 aliphatic heterocycles. The van der Waals surface area contributed by atoms with E-state index in [1.165, 1.54) is 0 Å². The van der Waals surface area contributed by atoms with Gasteiger partial charge in [0.15, 0.2) is 0 Å². The predicted molar refractivity (Wildman–Crippen MR) is 7.84 cm³/mol. The van der Waals surface area contributed by atoms with Gasteiger partial charge in [-0.15, -0.1) is 0 Å². The van der Waals surface area contributed by atoms with Gasteiger partial charge < -0.3 is 0 Å². The van der Waals surface area contributed by atoms with Crippen molar-refractivity contribution in [2.45, 2.75) is 0 Å². The fraction of sp³-hybridized carbons (Fsp3) is 0. The molecule has 0 aliphatic carbocycles. The summed E-state index contributed by atoms with van der Waals surface area (Å²) in [6.45, 7) is 0. The Morgan fingerprint density at radius 2 is 1.25 bits per heavy atom. The second-order valence-corrected chi connectivity index (χ2v) is 0. The Bertz CT molecular complexity index is 8.00. The van der Waals surface area contributed by atoms with Crippen LogP contribution < -0.4 is 0 Å². The number of rotatable bonds is 0. The molecule has 1 nitrogen and oxygen atoms in total. The maximum absolute atomic E-state index is 8.19. The summed E-state index contributed by atoms with van der Waals surface area (Å²) in [6.07, 6.45) is 0. The average molecular weight is 134 g/mol. The zero-order chi connectivity index (χ0) is 2.00. The molecule has 0 aromatic carbocycles. The first-order valence-electron chi connectivity index (χ1n) is 0.183. The van der Waals surface area contributed by atoms with E-state index in [0.29, 0.717) is 0 Å². The van der Waals surface area contributed by atoms with Crippen molar-refractivity contribution >= 4 is 18.9 Å². The summed E-state index contributed by atoms with van der Waals surface area (Å²) in [5.41, 5.74) is 0. The SMILES string of the molecule is [LiH].[Ni].[O]=[V]. The molecule has 0 unspecified atom stereocenters. The molecular weight excluding hydrogens is 133 g/mol. The first kappa shape index (κ1) is 17.9. The Morgan fingerprint density at radius 3 is 1.25 bits per heavy atom. The maximum atomic E-state index is 8.19. The molecule has 0 heterocycles. The van der Waals surface area contributed by atoms with Crippen LogP contribution in [0.25, 0.3) is 0 Å². The molecule has 0 aliphatic rings. The van der Waals surface area contributed by atoms with Crippen LogP contribution in [0.1, 0.15) is 0 Å². The normalized spacial score (nSPS) is 0.750. The van der Waals surface area contributed by atoms with Gasteiger partial charge in [0, 0.05) is 16.5 Å². The van der Waals surface area contributed by atoms with Gasteiger partial charge >= 0.3 is 39.9 Å². The molecule has 0 rings (SSSR count). The third kappa shape index (κ3) is 9.78. The van der Waals surface area contributed by atoms with Crippen LogP contribution in [-0.2, 0) is 37.5 Å². The van der Waals surface area contributed by atoms with Crippen molar-refractivity contribution < 1.29 is 37.5 Å². The molecular formula is HLiNiOV. The fourth-order valence-corrected chi connectivity index (χ4v) is 0. The van der Waals surface area contributed by atoms with E-state index in [-0.39, 0.29) is 35.4 Å². The summed E-state index contributed by atoms with van der Waals surface area (Å²) >= 11 is 1.06. The minimum atomic E-state index is 0. The van der Waals surface area contributed by atoms with Gasteiger partial charge in [-0.1, -0.05) is 0 Å². The van der Waals surface area contributed by atoms with Crippen molar-refractivity contribution in [3.8, 4) is 0 Å². The number of hydrogen-bond donors (Lipinski definition) is 0. The van der Waals surface area contributed by atoms with E-state index in [0.717, 1.165) is 17.4 Å². The molecule has 0 saturated heterocycles. The van der Waals surface area contributed by atoms with E-state index in [2.05, 4.69) is 0 Å². The van der Waals surface area contributed by atoms with Crippen LogP contribution in [0.4, 0.5) is 0 Å². The molecule has 0 amide bonds. The van der Waals surface area contributed by atoms with Gasteiger partial charge in [-0.3, -0.25) is 0 Å². The number of hydrogen-bond acceptors (Lipinski definition) is 1. The van der Waals surface area contributed by atoms with E-state index in [4.69, 9.17) is 3.67 Å². The van der Waals surface area contributed by atoms with Crippen molar-refractivity contribution in [1.29, 1.82) is 0 Å². The molecule has 0 saturated carbocycles. The van der Waals surface area contributed by atoms with Crippen LogP contribution in [0.3, 0.4) is 0 Å². The summed E-state index contributed by atoms with van der Waals surface area (Å²) in [5, 5.41) is 0. The predicted octanol–water partition coefficient (Wildman–Crippen LogP) is -0.772. The molecule has 0 fully saturated rings.